The van der Waals surface area contributed by atoms with Gasteiger partial charge in [0.25, 0.3) is 0 Å². The van der Waals surface area contributed by atoms with Crippen LogP contribution in [0.1, 0.15) is 5.56 Å². The minimum atomic E-state index is -0.259. The molecule has 0 saturated heterocycles. The van der Waals surface area contributed by atoms with Crippen LogP contribution in [-0.2, 0) is 0 Å². The molecule has 2 nitrogen and oxygen atoms in total. The third-order valence-electron chi connectivity index (χ3n) is 2.15. The normalized spacial score (nSPS) is 9.50. The Balaban J connectivity index is 2.15. The van der Waals surface area contributed by atoms with Crippen molar-refractivity contribution in [3.8, 4) is 6.07 Å². The second-order valence-corrected chi connectivity index (χ2v) is 3.32. The molecule has 0 aromatic heterocycles. The molecule has 78 valence electrons. The molecule has 0 saturated carbocycles. The maximum atomic E-state index is 12.7. The van der Waals surface area contributed by atoms with E-state index in [1.807, 2.05) is 18.2 Å². The van der Waals surface area contributed by atoms with E-state index in [2.05, 4.69) is 5.32 Å². The van der Waals surface area contributed by atoms with E-state index in [0.717, 1.165) is 11.4 Å². The smallest absolute Gasteiger partial charge is 0.123 e. The van der Waals surface area contributed by atoms with Crippen LogP contribution in [0.3, 0.4) is 0 Å². The second kappa shape index (κ2) is 4.45. The summed E-state index contributed by atoms with van der Waals surface area (Å²) < 4.78 is 12.7. The largest absolute Gasteiger partial charge is 0.356 e. The van der Waals surface area contributed by atoms with Gasteiger partial charge in [0.15, 0.2) is 0 Å². The number of hydrogen-bond donors (Lipinski definition) is 1. The fourth-order valence-corrected chi connectivity index (χ4v) is 1.33. The Bertz CT molecular complexity index is 509. The highest BCUT2D eigenvalue weighted by Crippen LogP contribution is 2.17. The summed E-state index contributed by atoms with van der Waals surface area (Å²) in [5.74, 6) is -0.259. The Morgan fingerprint density at radius 2 is 1.38 bits per heavy atom. The van der Waals surface area contributed by atoms with E-state index in [-0.39, 0.29) is 5.82 Å². The molecule has 0 aliphatic rings. The number of rotatable bonds is 2. The second-order valence-electron chi connectivity index (χ2n) is 3.32. The predicted octanol–water partition coefficient (Wildman–Crippen LogP) is 3.44. The molecule has 3 heteroatoms. The first-order valence-electron chi connectivity index (χ1n) is 4.81. The van der Waals surface area contributed by atoms with Gasteiger partial charge in [-0.15, -0.1) is 0 Å². The van der Waals surface area contributed by atoms with Crippen molar-refractivity contribution in [1.82, 2.24) is 0 Å². The van der Waals surface area contributed by atoms with Gasteiger partial charge in [-0.05, 0) is 48.5 Å². The average Bonchev–Trinajstić information content (AvgIpc) is 2.33. The van der Waals surface area contributed by atoms with Crippen molar-refractivity contribution >= 4 is 11.4 Å². The Morgan fingerprint density at radius 3 is 1.88 bits per heavy atom. The summed E-state index contributed by atoms with van der Waals surface area (Å²) in [5.41, 5.74) is 2.29. The van der Waals surface area contributed by atoms with Crippen LogP contribution in [0.25, 0.3) is 0 Å². The molecule has 0 aliphatic carbocycles. The molecule has 0 radical (unpaired) electrons. The average molecular weight is 212 g/mol. The molecular formula is C13H9FN2. The number of nitrogens with one attached hydrogen (secondary N) is 1. The van der Waals surface area contributed by atoms with Crippen molar-refractivity contribution in [1.29, 1.82) is 5.26 Å². The van der Waals surface area contributed by atoms with Gasteiger partial charge >= 0.3 is 0 Å². The molecule has 0 bridgehead atoms. The van der Waals surface area contributed by atoms with E-state index in [9.17, 15) is 4.39 Å². The van der Waals surface area contributed by atoms with E-state index in [1.54, 1.807) is 24.3 Å². The quantitative estimate of drug-likeness (QED) is 0.827. The van der Waals surface area contributed by atoms with Crippen LogP contribution < -0.4 is 5.32 Å². The van der Waals surface area contributed by atoms with Gasteiger partial charge in [0.05, 0.1) is 11.6 Å². The Hall–Kier alpha value is -2.34. The van der Waals surface area contributed by atoms with Crippen molar-refractivity contribution in [2.45, 2.75) is 0 Å². The zero-order chi connectivity index (χ0) is 11.4. The SMILES string of the molecule is N#Cc1ccc(Nc2ccc(F)cc2)cc1. The number of nitriles is 1. The maximum Gasteiger partial charge on any atom is 0.123 e. The van der Waals surface area contributed by atoms with E-state index in [1.165, 1.54) is 12.1 Å². The number of nitrogens with zero attached hydrogens (tertiary/aromatic N) is 1. The molecule has 0 fully saturated rings. The highest BCUT2D eigenvalue weighted by atomic mass is 19.1. The standard InChI is InChI=1S/C13H9FN2/c14-11-3-7-13(8-4-11)16-12-5-1-10(9-15)2-6-12/h1-8,16H. The van der Waals surface area contributed by atoms with Crippen molar-refractivity contribution in [2.24, 2.45) is 0 Å². The molecule has 2 aromatic rings. The maximum absolute atomic E-state index is 12.7. The van der Waals surface area contributed by atoms with Gasteiger partial charge < -0.3 is 5.32 Å². The number of halogens is 1. The van der Waals surface area contributed by atoms with E-state index < -0.39 is 0 Å². The zero-order valence-corrected chi connectivity index (χ0v) is 8.44. The summed E-state index contributed by atoms with van der Waals surface area (Å²) in [6.07, 6.45) is 0. The Kier molecular flexibility index (Phi) is 2.84. The highest BCUT2D eigenvalue weighted by Gasteiger charge is 1.95. The zero-order valence-electron chi connectivity index (χ0n) is 8.44. The summed E-state index contributed by atoms with van der Waals surface area (Å²) in [6.45, 7) is 0. The Labute approximate surface area is 93.0 Å². The third kappa shape index (κ3) is 2.37. The van der Waals surface area contributed by atoms with Crippen molar-refractivity contribution in [3.05, 3.63) is 59.9 Å². The highest BCUT2D eigenvalue weighted by molar-refractivity contribution is 5.60. The van der Waals surface area contributed by atoms with E-state index in [0.29, 0.717) is 5.56 Å². The lowest BCUT2D eigenvalue weighted by molar-refractivity contribution is 0.628. The van der Waals surface area contributed by atoms with Crippen molar-refractivity contribution < 1.29 is 4.39 Å². The van der Waals surface area contributed by atoms with Gasteiger partial charge in [0.2, 0.25) is 0 Å². The molecule has 0 atom stereocenters. The fraction of sp³-hybridized carbons (Fsp3) is 0. The first-order chi connectivity index (χ1) is 7.78. The number of hydrogen-bond acceptors (Lipinski definition) is 2. The van der Waals surface area contributed by atoms with Gasteiger partial charge in [0, 0.05) is 11.4 Å². The molecule has 1 N–H and O–H groups in total. The summed E-state index contributed by atoms with van der Waals surface area (Å²) in [7, 11) is 0. The fourth-order valence-electron chi connectivity index (χ4n) is 1.33. The van der Waals surface area contributed by atoms with Crippen LogP contribution in [0, 0.1) is 17.1 Å². The van der Waals surface area contributed by atoms with Crippen LogP contribution in [0.5, 0.6) is 0 Å². The first kappa shape index (κ1) is 10.2. The lowest BCUT2D eigenvalue weighted by Gasteiger charge is -2.05. The minimum absolute atomic E-state index is 0.259. The van der Waals surface area contributed by atoms with Crippen LogP contribution in [0.2, 0.25) is 0 Å². The van der Waals surface area contributed by atoms with Gasteiger partial charge in [-0.3, -0.25) is 0 Å². The van der Waals surface area contributed by atoms with Crippen molar-refractivity contribution in [2.75, 3.05) is 5.32 Å². The topological polar surface area (TPSA) is 35.8 Å². The Morgan fingerprint density at radius 1 is 0.875 bits per heavy atom. The van der Waals surface area contributed by atoms with Gasteiger partial charge in [0.1, 0.15) is 5.82 Å². The van der Waals surface area contributed by atoms with E-state index >= 15 is 0 Å². The van der Waals surface area contributed by atoms with Crippen LogP contribution in [0.15, 0.2) is 48.5 Å². The monoisotopic (exact) mass is 212 g/mol. The van der Waals surface area contributed by atoms with Gasteiger partial charge in [-0.1, -0.05) is 0 Å². The molecule has 2 rings (SSSR count). The minimum Gasteiger partial charge on any atom is -0.356 e. The first-order valence-corrected chi connectivity index (χ1v) is 4.81. The number of anilines is 2. The van der Waals surface area contributed by atoms with Crippen molar-refractivity contribution in [3.63, 3.8) is 0 Å². The summed E-state index contributed by atoms with van der Waals surface area (Å²) >= 11 is 0. The molecular weight excluding hydrogens is 203 g/mol. The molecule has 16 heavy (non-hydrogen) atoms. The summed E-state index contributed by atoms with van der Waals surface area (Å²) in [4.78, 5) is 0. The van der Waals surface area contributed by atoms with Crippen LogP contribution >= 0.6 is 0 Å². The molecule has 0 spiro atoms. The van der Waals surface area contributed by atoms with Gasteiger partial charge in [-0.2, -0.15) is 5.26 Å². The lowest BCUT2D eigenvalue weighted by atomic mass is 10.2. The molecule has 0 aliphatic heterocycles. The number of benzene rings is 2. The predicted molar refractivity (Wildman–Crippen MR) is 60.8 cm³/mol. The molecule has 0 amide bonds. The van der Waals surface area contributed by atoms with Crippen LogP contribution in [-0.4, -0.2) is 0 Å². The van der Waals surface area contributed by atoms with Crippen LogP contribution in [0.4, 0.5) is 15.8 Å². The van der Waals surface area contributed by atoms with E-state index in [4.69, 9.17) is 5.26 Å². The summed E-state index contributed by atoms with van der Waals surface area (Å²) in [6, 6.07) is 15.2. The molecule has 0 heterocycles. The molecule has 0 unspecified atom stereocenters. The molecule has 2 aromatic carbocycles. The van der Waals surface area contributed by atoms with Gasteiger partial charge in [-0.25, -0.2) is 4.39 Å². The summed E-state index contributed by atoms with van der Waals surface area (Å²) in [5, 5.41) is 11.7. The third-order valence-corrected chi connectivity index (χ3v) is 2.15. The lowest BCUT2D eigenvalue weighted by Crippen LogP contribution is -1.90.